The molecule has 26 heavy (non-hydrogen) atoms. The number of nitrogens with zero attached hydrogens (tertiary/aromatic N) is 2. The summed E-state index contributed by atoms with van der Waals surface area (Å²) in [6.45, 7) is 2.21. The molecular formula is C19H29N3O4. The van der Waals surface area contributed by atoms with Crippen LogP contribution in [0.5, 0.6) is 5.75 Å². The molecule has 0 aliphatic rings. The molecule has 7 nitrogen and oxygen atoms in total. The van der Waals surface area contributed by atoms with E-state index in [1.807, 2.05) is 0 Å². The molecule has 0 saturated carbocycles. The molecule has 0 aromatic heterocycles. The molecule has 0 bridgehead atoms. The normalized spacial score (nSPS) is 11.0. The number of hydrogen-bond donors (Lipinski definition) is 2. The third kappa shape index (κ3) is 9.15. The van der Waals surface area contributed by atoms with E-state index in [1.54, 1.807) is 0 Å². The zero-order chi connectivity index (χ0) is 19.2. The average Bonchev–Trinajstić information content (AvgIpc) is 2.61. The van der Waals surface area contributed by atoms with E-state index in [9.17, 15) is 20.0 Å². The SMILES string of the molecule is CCCCCCCCCCCC(=O)N/N=C\c1cc([N+](=O)[O-])ccc1O. The Kier molecular flexibility index (Phi) is 10.7. The summed E-state index contributed by atoms with van der Waals surface area (Å²) >= 11 is 0. The number of nitro groups is 1. The summed E-state index contributed by atoms with van der Waals surface area (Å²) in [7, 11) is 0. The first-order valence-electron chi connectivity index (χ1n) is 9.34. The second-order valence-corrected chi connectivity index (χ2v) is 6.37. The van der Waals surface area contributed by atoms with Crippen LogP contribution in [0.4, 0.5) is 5.69 Å². The Morgan fingerprint density at radius 1 is 1.15 bits per heavy atom. The van der Waals surface area contributed by atoms with E-state index >= 15 is 0 Å². The number of hydrazone groups is 1. The summed E-state index contributed by atoms with van der Waals surface area (Å²) in [6, 6.07) is 3.63. The van der Waals surface area contributed by atoms with Crippen molar-refractivity contribution in [2.45, 2.75) is 71.1 Å². The summed E-state index contributed by atoms with van der Waals surface area (Å²) < 4.78 is 0. The minimum absolute atomic E-state index is 0.132. The number of nitro benzene ring substituents is 1. The standard InChI is InChI=1S/C19H29N3O4/c1-2-3-4-5-6-7-8-9-10-11-19(24)21-20-15-16-14-17(22(25)26)12-13-18(16)23/h12-15,23H,2-11H2,1H3,(H,21,24)/b20-15-. The van der Waals surface area contributed by atoms with Crippen molar-refractivity contribution in [3.63, 3.8) is 0 Å². The van der Waals surface area contributed by atoms with Gasteiger partial charge in [0.05, 0.1) is 11.1 Å². The lowest BCUT2D eigenvalue weighted by Gasteiger charge is -2.02. The first-order valence-corrected chi connectivity index (χ1v) is 9.34. The number of nitrogens with one attached hydrogen (secondary N) is 1. The van der Waals surface area contributed by atoms with Crippen LogP contribution < -0.4 is 5.43 Å². The molecule has 0 saturated heterocycles. The van der Waals surface area contributed by atoms with E-state index in [-0.39, 0.29) is 22.9 Å². The van der Waals surface area contributed by atoms with Crippen molar-refractivity contribution >= 4 is 17.8 Å². The molecule has 1 aromatic rings. The van der Waals surface area contributed by atoms with Gasteiger partial charge in [0.1, 0.15) is 5.75 Å². The summed E-state index contributed by atoms with van der Waals surface area (Å²) in [5, 5.41) is 24.1. The number of phenols is 1. The summed E-state index contributed by atoms with van der Waals surface area (Å²) in [4.78, 5) is 21.9. The minimum atomic E-state index is -0.556. The molecule has 1 rings (SSSR count). The summed E-state index contributed by atoms with van der Waals surface area (Å²) in [6.07, 6.45) is 12.3. The van der Waals surface area contributed by atoms with Crippen LogP contribution in [0.3, 0.4) is 0 Å². The number of rotatable bonds is 13. The van der Waals surface area contributed by atoms with E-state index in [0.29, 0.717) is 6.42 Å². The highest BCUT2D eigenvalue weighted by molar-refractivity contribution is 5.85. The van der Waals surface area contributed by atoms with Crippen LogP contribution >= 0.6 is 0 Å². The average molecular weight is 363 g/mol. The second kappa shape index (κ2) is 12.9. The lowest BCUT2D eigenvalue weighted by atomic mass is 10.1. The predicted molar refractivity (Wildman–Crippen MR) is 102 cm³/mol. The smallest absolute Gasteiger partial charge is 0.270 e. The number of non-ortho nitro benzene ring substituents is 1. The van der Waals surface area contributed by atoms with Gasteiger partial charge in [-0.15, -0.1) is 0 Å². The first-order chi connectivity index (χ1) is 12.5. The van der Waals surface area contributed by atoms with E-state index < -0.39 is 4.92 Å². The molecule has 0 atom stereocenters. The van der Waals surface area contributed by atoms with Crippen LogP contribution in [0.1, 0.15) is 76.7 Å². The molecular weight excluding hydrogens is 334 g/mol. The van der Waals surface area contributed by atoms with Gasteiger partial charge in [0, 0.05) is 24.1 Å². The number of phenolic OH excluding ortho intramolecular Hbond substituents is 1. The number of carbonyl (C=O) groups is 1. The van der Waals surface area contributed by atoms with Crippen molar-refractivity contribution < 1.29 is 14.8 Å². The maximum Gasteiger partial charge on any atom is 0.270 e. The number of amides is 1. The van der Waals surface area contributed by atoms with Crippen molar-refractivity contribution in [2.75, 3.05) is 0 Å². The molecule has 0 aliphatic heterocycles. The number of benzene rings is 1. The van der Waals surface area contributed by atoms with Gasteiger partial charge in [0.15, 0.2) is 0 Å². The largest absolute Gasteiger partial charge is 0.507 e. The van der Waals surface area contributed by atoms with Crippen molar-refractivity contribution in [2.24, 2.45) is 5.10 Å². The molecule has 1 aromatic carbocycles. The molecule has 0 unspecified atom stereocenters. The van der Waals surface area contributed by atoms with Crippen molar-refractivity contribution in [3.8, 4) is 5.75 Å². The quantitative estimate of drug-likeness (QED) is 0.230. The van der Waals surface area contributed by atoms with Crippen molar-refractivity contribution in [1.29, 1.82) is 0 Å². The van der Waals surface area contributed by atoms with Crippen LogP contribution in [0.2, 0.25) is 0 Å². The summed E-state index contributed by atoms with van der Waals surface area (Å²) in [5.74, 6) is -0.332. The molecule has 1 amide bonds. The van der Waals surface area contributed by atoms with Gasteiger partial charge in [-0.2, -0.15) is 5.10 Å². The lowest BCUT2D eigenvalue weighted by molar-refractivity contribution is -0.384. The highest BCUT2D eigenvalue weighted by Gasteiger charge is 2.08. The molecule has 144 valence electrons. The zero-order valence-electron chi connectivity index (χ0n) is 15.4. The van der Waals surface area contributed by atoms with Gasteiger partial charge in [0.2, 0.25) is 5.91 Å². The highest BCUT2D eigenvalue weighted by atomic mass is 16.6. The van der Waals surface area contributed by atoms with Gasteiger partial charge in [-0.25, -0.2) is 5.43 Å². The number of unbranched alkanes of at least 4 members (excludes halogenated alkanes) is 8. The third-order valence-corrected chi connectivity index (χ3v) is 4.12. The monoisotopic (exact) mass is 363 g/mol. The van der Waals surface area contributed by atoms with Crippen LogP contribution in [0, 0.1) is 10.1 Å². The Hall–Kier alpha value is -2.44. The first kappa shape index (κ1) is 21.6. The van der Waals surface area contributed by atoms with E-state index in [4.69, 9.17) is 0 Å². The Morgan fingerprint density at radius 2 is 1.77 bits per heavy atom. The van der Waals surface area contributed by atoms with E-state index in [2.05, 4.69) is 17.5 Å². The Morgan fingerprint density at radius 3 is 2.38 bits per heavy atom. The fourth-order valence-electron chi connectivity index (χ4n) is 2.58. The molecule has 0 fully saturated rings. The molecule has 0 spiro atoms. The summed E-state index contributed by atoms with van der Waals surface area (Å²) in [5.41, 5.74) is 2.42. The zero-order valence-corrected chi connectivity index (χ0v) is 15.4. The Balaban J connectivity index is 2.19. The second-order valence-electron chi connectivity index (χ2n) is 6.37. The number of aromatic hydroxyl groups is 1. The molecule has 2 N–H and O–H groups in total. The minimum Gasteiger partial charge on any atom is -0.507 e. The van der Waals surface area contributed by atoms with E-state index in [0.717, 1.165) is 19.3 Å². The van der Waals surface area contributed by atoms with Gasteiger partial charge >= 0.3 is 0 Å². The van der Waals surface area contributed by atoms with Gasteiger partial charge in [-0.1, -0.05) is 58.3 Å². The number of carbonyl (C=O) groups excluding carboxylic acids is 1. The van der Waals surface area contributed by atoms with Crippen LogP contribution in [0.15, 0.2) is 23.3 Å². The maximum absolute atomic E-state index is 11.7. The van der Waals surface area contributed by atoms with Crippen LogP contribution in [-0.2, 0) is 4.79 Å². The third-order valence-electron chi connectivity index (χ3n) is 4.12. The van der Waals surface area contributed by atoms with Gasteiger partial charge < -0.3 is 5.11 Å². The molecule has 0 radical (unpaired) electrons. The van der Waals surface area contributed by atoms with Crippen LogP contribution in [0.25, 0.3) is 0 Å². The predicted octanol–water partition coefficient (Wildman–Crippen LogP) is 4.67. The molecule has 0 aliphatic carbocycles. The topological polar surface area (TPSA) is 105 Å². The van der Waals surface area contributed by atoms with Crippen molar-refractivity contribution in [3.05, 3.63) is 33.9 Å². The Labute approximate surface area is 154 Å². The van der Waals surface area contributed by atoms with Gasteiger partial charge in [-0.05, 0) is 12.5 Å². The number of hydrogen-bond acceptors (Lipinski definition) is 5. The van der Waals surface area contributed by atoms with Gasteiger partial charge in [0.25, 0.3) is 5.69 Å². The molecule has 0 heterocycles. The van der Waals surface area contributed by atoms with E-state index in [1.165, 1.54) is 62.9 Å². The maximum atomic E-state index is 11.7. The Bertz CT molecular complexity index is 602. The van der Waals surface area contributed by atoms with Crippen LogP contribution in [-0.4, -0.2) is 22.2 Å². The lowest BCUT2D eigenvalue weighted by Crippen LogP contribution is -2.16. The van der Waals surface area contributed by atoms with Gasteiger partial charge in [-0.3, -0.25) is 14.9 Å². The fourth-order valence-corrected chi connectivity index (χ4v) is 2.58. The fraction of sp³-hybridized carbons (Fsp3) is 0.579. The van der Waals surface area contributed by atoms with Crippen molar-refractivity contribution in [1.82, 2.24) is 5.43 Å². The molecule has 7 heteroatoms. The highest BCUT2D eigenvalue weighted by Crippen LogP contribution is 2.21.